The van der Waals surface area contributed by atoms with Gasteiger partial charge < -0.3 is 14.6 Å². The van der Waals surface area contributed by atoms with E-state index in [0.29, 0.717) is 54.3 Å². The van der Waals surface area contributed by atoms with Crippen molar-refractivity contribution < 1.29 is 9.53 Å². The number of aromatic amines is 1. The monoisotopic (exact) mass is 616 g/mol. The number of nitriles is 1. The first-order valence-electron chi connectivity index (χ1n) is 15.6. The molecule has 7 heterocycles. The zero-order chi connectivity index (χ0) is 31.2. The van der Waals surface area contributed by atoms with Gasteiger partial charge in [0.05, 0.1) is 61.3 Å². The number of Topliss-reactive ketones (excluding diaryl/α,β-unsaturated/α-hetero) is 1. The summed E-state index contributed by atoms with van der Waals surface area (Å²) in [7, 11) is 0. The fraction of sp³-hybridized carbons (Fsp3) is 0.364. The lowest BCUT2D eigenvalue weighted by molar-refractivity contribution is -0.120. The Labute approximate surface area is 264 Å². The van der Waals surface area contributed by atoms with E-state index >= 15 is 0 Å². The number of aromatic nitrogens is 7. The molecule has 1 N–H and O–H groups in total. The Balaban J connectivity index is 1.06. The Morgan fingerprint density at radius 3 is 2.48 bits per heavy atom. The number of carbonyl (C=O) groups is 1. The Hall–Kier alpha value is -5.19. The number of nitrogens with one attached hydrogen (secondary N) is 1. The molecule has 5 aromatic heterocycles. The Bertz CT molecular complexity index is 1980. The molecule has 1 saturated carbocycles. The van der Waals surface area contributed by atoms with E-state index in [9.17, 15) is 14.9 Å². The first-order valence-corrected chi connectivity index (χ1v) is 15.6. The van der Waals surface area contributed by atoms with Crippen LogP contribution in [0.2, 0.25) is 0 Å². The molecule has 232 valence electrons. The van der Waals surface area contributed by atoms with Crippen molar-refractivity contribution in [2.45, 2.75) is 50.4 Å². The summed E-state index contributed by atoms with van der Waals surface area (Å²) in [6.07, 6.45) is 13.5. The van der Waals surface area contributed by atoms with Crippen LogP contribution in [0.4, 0.5) is 5.82 Å². The summed E-state index contributed by atoms with van der Waals surface area (Å²) in [6, 6.07) is 10.3. The minimum Gasteiger partial charge on any atom is -0.378 e. The first-order chi connectivity index (χ1) is 22.5. The van der Waals surface area contributed by atoms with Gasteiger partial charge in [0.25, 0.3) is 0 Å². The molecule has 3 aliphatic rings. The van der Waals surface area contributed by atoms with Crippen molar-refractivity contribution in [3.05, 3.63) is 82.9 Å². The molecule has 0 aromatic carbocycles. The fourth-order valence-electron chi connectivity index (χ4n) is 6.93. The van der Waals surface area contributed by atoms with Gasteiger partial charge in [0.15, 0.2) is 0 Å². The van der Waals surface area contributed by atoms with E-state index in [1.165, 1.54) is 0 Å². The van der Waals surface area contributed by atoms with Gasteiger partial charge in [-0.1, -0.05) is 6.07 Å². The molecule has 13 nitrogen and oxygen atoms in total. The number of ketones is 1. The second kappa shape index (κ2) is 11.6. The van der Waals surface area contributed by atoms with E-state index in [-0.39, 0.29) is 23.7 Å². The zero-order valence-electron chi connectivity index (χ0n) is 25.1. The average molecular weight is 617 g/mol. The number of rotatable bonds is 6. The summed E-state index contributed by atoms with van der Waals surface area (Å²) in [5, 5.41) is 18.9. The van der Waals surface area contributed by atoms with Crippen molar-refractivity contribution >= 4 is 17.1 Å². The van der Waals surface area contributed by atoms with Gasteiger partial charge in [-0.15, -0.1) is 0 Å². The van der Waals surface area contributed by atoms with E-state index in [0.717, 1.165) is 55.0 Å². The van der Waals surface area contributed by atoms with Crippen molar-refractivity contribution in [3.63, 3.8) is 0 Å². The van der Waals surface area contributed by atoms with Gasteiger partial charge in [-0.2, -0.15) is 15.5 Å². The van der Waals surface area contributed by atoms with Crippen molar-refractivity contribution in [2.24, 2.45) is 0 Å². The molecule has 0 spiro atoms. The molecule has 2 saturated heterocycles. The topological polar surface area (TPSA) is 150 Å². The van der Waals surface area contributed by atoms with Crippen LogP contribution in [0.25, 0.3) is 28.0 Å². The third kappa shape index (κ3) is 5.25. The lowest BCUT2D eigenvalue weighted by Gasteiger charge is -2.50. The molecule has 5 aromatic rings. The second-order valence-corrected chi connectivity index (χ2v) is 12.3. The highest BCUT2D eigenvalue weighted by Gasteiger charge is 2.38. The van der Waals surface area contributed by atoms with Crippen LogP contribution >= 0.6 is 0 Å². The SMILES string of the molecule is N#Cc1cnn2cc(-c3cnn(C4CCC(=O)CC4)c3)nc(-c3ccc(N4C[C@H]5COC[C@@H](C4)N5Cc4ccc(=O)[nH]c4)nc3)c12. The lowest BCUT2D eigenvalue weighted by atomic mass is 9.94. The van der Waals surface area contributed by atoms with E-state index in [2.05, 4.69) is 31.1 Å². The zero-order valence-corrected chi connectivity index (χ0v) is 25.1. The molecule has 46 heavy (non-hydrogen) atoms. The molecule has 0 radical (unpaired) electrons. The van der Waals surface area contributed by atoms with Gasteiger partial charge in [-0.25, -0.2) is 14.5 Å². The maximum atomic E-state index is 11.7. The predicted molar refractivity (Wildman–Crippen MR) is 168 cm³/mol. The summed E-state index contributed by atoms with van der Waals surface area (Å²) >= 11 is 0. The van der Waals surface area contributed by atoms with Crippen LogP contribution in [0.3, 0.4) is 0 Å². The minimum absolute atomic E-state index is 0.100. The van der Waals surface area contributed by atoms with Crippen molar-refractivity contribution in [2.75, 3.05) is 31.2 Å². The van der Waals surface area contributed by atoms with Gasteiger partial charge in [0.2, 0.25) is 5.56 Å². The summed E-state index contributed by atoms with van der Waals surface area (Å²) in [5.74, 6) is 1.19. The van der Waals surface area contributed by atoms with Crippen LogP contribution < -0.4 is 10.5 Å². The number of nitrogens with zero attached hydrogens (tertiary/aromatic N) is 9. The summed E-state index contributed by atoms with van der Waals surface area (Å²) in [6.45, 7) is 3.56. The predicted octanol–water partition coefficient (Wildman–Crippen LogP) is 2.99. The third-order valence-corrected chi connectivity index (χ3v) is 9.38. The molecule has 3 fully saturated rings. The maximum absolute atomic E-state index is 11.7. The number of H-pyrrole nitrogens is 1. The molecular weight excluding hydrogens is 584 g/mol. The number of hydrogen-bond acceptors (Lipinski definition) is 10. The lowest BCUT2D eigenvalue weighted by Crippen LogP contribution is -2.64. The van der Waals surface area contributed by atoms with E-state index in [1.807, 2.05) is 41.5 Å². The number of piperazine rings is 1. The number of morpholine rings is 1. The van der Waals surface area contributed by atoms with Crippen molar-refractivity contribution in [1.82, 2.24) is 39.2 Å². The van der Waals surface area contributed by atoms with E-state index in [4.69, 9.17) is 14.7 Å². The standard InChI is InChI=1S/C33H32N10O3/c34-9-23-12-38-43-18-29(24-13-37-42(15-24)25-3-5-28(44)6-4-25)39-32(33(23)43)22-2-7-30(35-11-22)40-16-26-19-46-20-27(17-40)41(26)14-21-1-8-31(45)36-10-21/h1-2,7-8,10-13,15,18,25-27H,3-6,14,16-17,19-20H2,(H,36,45)/t26-,27+. The molecule has 1 aliphatic carbocycles. The van der Waals surface area contributed by atoms with Gasteiger partial charge in [0.1, 0.15) is 28.8 Å². The summed E-state index contributed by atoms with van der Waals surface area (Å²) < 4.78 is 9.56. The number of fused-ring (bicyclic) bond motifs is 3. The fourth-order valence-corrected chi connectivity index (χ4v) is 6.93. The highest BCUT2D eigenvalue weighted by Crippen LogP contribution is 2.32. The number of hydrogen-bond donors (Lipinski definition) is 1. The van der Waals surface area contributed by atoms with E-state index in [1.54, 1.807) is 29.2 Å². The van der Waals surface area contributed by atoms with Crippen LogP contribution in [0.1, 0.15) is 42.9 Å². The van der Waals surface area contributed by atoms with Crippen LogP contribution in [-0.4, -0.2) is 83.4 Å². The Morgan fingerprint density at radius 2 is 1.76 bits per heavy atom. The molecule has 2 aliphatic heterocycles. The van der Waals surface area contributed by atoms with Crippen LogP contribution in [0.5, 0.6) is 0 Å². The minimum atomic E-state index is -0.100. The van der Waals surface area contributed by atoms with Gasteiger partial charge in [-0.05, 0) is 30.5 Å². The maximum Gasteiger partial charge on any atom is 0.247 e. The average Bonchev–Trinajstić information content (AvgIpc) is 3.74. The van der Waals surface area contributed by atoms with Crippen molar-refractivity contribution in [3.8, 4) is 28.6 Å². The Kier molecular flexibility index (Phi) is 7.15. The highest BCUT2D eigenvalue weighted by molar-refractivity contribution is 5.83. The number of carbonyl (C=O) groups excluding carboxylic acids is 1. The first kappa shape index (κ1) is 28.3. The number of anilines is 1. The Morgan fingerprint density at radius 1 is 0.935 bits per heavy atom. The quantitative estimate of drug-likeness (QED) is 0.302. The van der Waals surface area contributed by atoms with Gasteiger partial charge in [0, 0.05) is 68.3 Å². The summed E-state index contributed by atoms with van der Waals surface area (Å²) in [5.41, 5.74) is 4.97. The van der Waals surface area contributed by atoms with Crippen molar-refractivity contribution in [1.29, 1.82) is 5.26 Å². The summed E-state index contributed by atoms with van der Waals surface area (Å²) in [4.78, 5) is 40.7. The molecule has 0 amide bonds. The molecule has 2 atom stereocenters. The highest BCUT2D eigenvalue weighted by atomic mass is 16.5. The molecule has 8 rings (SSSR count). The molecule has 13 heteroatoms. The van der Waals surface area contributed by atoms with Gasteiger partial charge in [-0.3, -0.25) is 19.2 Å². The largest absolute Gasteiger partial charge is 0.378 e. The van der Waals surface area contributed by atoms with Crippen LogP contribution in [0, 0.1) is 11.3 Å². The van der Waals surface area contributed by atoms with E-state index < -0.39 is 0 Å². The second-order valence-electron chi connectivity index (χ2n) is 12.3. The molecule has 0 unspecified atom stereocenters. The third-order valence-electron chi connectivity index (χ3n) is 9.38. The number of pyridine rings is 2. The molecular formula is C33H32N10O3. The normalized spacial score (nSPS) is 20.7. The van der Waals surface area contributed by atoms with Crippen LogP contribution in [-0.2, 0) is 16.1 Å². The molecule has 2 bridgehead atoms. The van der Waals surface area contributed by atoms with Gasteiger partial charge >= 0.3 is 0 Å². The number of ether oxygens (including phenoxy) is 1. The van der Waals surface area contributed by atoms with Crippen LogP contribution in [0.15, 0.2) is 66.2 Å². The smallest absolute Gasteiger partial charge is 0.247 e.